The highest BCUT2D eigenvalue weighted by atomic mass is 16.6. The molecule has 2 heterocycles. The topological polar surface area (TPSA) is 123 Å². The summed E-state index contributed by atoms with van der Waals surface area (Å²) in [5.41, 5.74) is 6.74. The minimum absolute atomic E-state index is 0.00137. The highest BCUT2D eigenvalue weighted by Crippen LogP contribution is 2.25. The van der Waals surface area contributed by atoms with E-state index in [0.29, 0.717) is 23.4 Å². The summed E-state index contributed by atoms with van der Waals surface area (Å²) < 4.78 is 6.62. The fourth-order valence-corrected chi connectivity index (χ4v) is 2.16. The van der Waals surface area contributed by atoms with Crippen molar-refractivity contribution in [3.8, 4) is 0 Å². The van der Waals surface area contributed by atoms with E-state index in [9.17, 15) is 5.11 Å². The highest BCUT2D eigenvalue weighted by Gasteiger charge is 2.19. The van der Waals surface area contributed by atoms with Gasteiger partial charge in [-0.15, -0.1) is 0 Å². The van der Waals surface area contributed by atoms with Gasteiger partial charge in [0.1, 0.15) is 6.33 Å². The number of nitrogens with two attached hydrogens (primary N) is 1. The molecule has 0 aliphatic heterocycles. The molecule has 9 nitrogen and oxygen atoms in total. The third kappa shape index (κ3) is 3.26. The van der Waals surface area contributed by atoms with Gasteiger partial charge in [-0.25, -0.2) is 4.98 Å². The first-order valence-electron chi connectivity index (χ1n) is 7.27. The van der Waals surface area contributed by atoms with Gasteiger partial charge in [-0.1, -0.05) is 0 Å². The number of anilines is 2. The lowest BCUT2D eigenvalue weighted by Crippen LogP contribution is -2.24. The maximum atomic E-state index is 10.1. The summed E-state index contributed by atoms with van der Waals surface area (Å²) in [7, 11) is 0. The van der Waals surface area contributed by atoms with Crippen LogP contribution >= 0.6 is 0 Å². The number of nitrogen functional groups attached to an aromatic ring is 1. The van der Waals surface area contributed by atoms with Crippen molar-refractivity contribution in [2.24, 2.45) is 0 Å². The molecule has 0 bridgehead atoms. The van der Waals surface area contributed by atoms with Gasteiger partial charge in [-0.05, 0) is 20.3 Å². The van der Waals surface area contributed by atoms with Crippen LogP contribution in [0.3, 0.4) is 0 Å². The second-order valence-corrected chi connectivity index (χ2v) is 4.68. The highest BCUT2D eigenvalue weighted by molar-refractivity contribution is 5.84. The SMILES string of the molecule is CCN(CC)c1nc(N)nc2c1ncn2C(O)OCCCO. The van der Waals surface area contributed by atoms with E-state index >= 15 is 0 Å². The van der Waals surface area contributed by atoms with Crippen molar-refractivity contribution in [2.75, 3.05) is 36.9 Å². The fourth-order valence-electron chi connectivity index (χ4n) is 2.16. The fraction of sp³-hybridized carbons (Fsp3) is 0.615. The Labute approximate surface area is 128 Å². The predicted molar refractivity (Wildman–Crippen MR) is 82.2 cm³/mol. The van der Waals surface area contributed by atoms with Crippen molar-refractivity contribution >= 4 is 22.9 Å². The Morgan fingerprint density at radius 2 is 2.09 bits per heavy atom. The van der Waals surface area contributed by atoms with Crippen molar-refractivity contribution in [2.45, 2.75) is 26.7 Å². The Morgan fingerprint density at radius 1 is 1.36 bits per heavy atom. The quantitative estimate of drug-likeness (QED) is 0.463. The van der Waals surface area contributed by atoms with Crippen molar-refractivity contribution in [1.82, 2.24) is 19.5 Å². The number of aliphatic hydroxyl groups excluding tert-OH is 2. The molecule has 2 aromatic heterocycles. The largest absolute Gasteiger partial charge is 0.396 e. The van der Waals surface area contributed by atoms with Gasteiger partial charge in [-0.3, -0.25) is 4.57 Å². The molecule has 0 fully saturated rings. The van der Waals surface area contributed by atoms with Gasteiger partial charge >= 0.3 is 0 Å². The third-order valence-electron chi connectivity index (χ3n) is 3.29. The van der Waals surface area contributed by atoms with Gasteiger partial charge in [0, 0.05) is 19.7 Å². The predicted octanol–water partition coefficient (Wildman–Crippen LogP) is 0.102. The van der Waals surface area contributed by atoms with E-state index in [4.69, 9.17) is 15.6 Å². The maximum Gasteiger partial charge on any atom is 0.244 e. The van der Waals surface area contributed by atoms with Crippen LogP contribution in [0.15, 0.2) is 6.33 Å². The van der Waals surface area contributed by atoms with Crippen LogP contribution in [-0.2, 0) is 4.74 Å². The summed E-state index contributed by atoms with van der Waals surface area (Å²) in [5.74, 6) is 0.743. The van der Waals surface area contributed by atoms with E-state index in [-0.39, 0.29) is 19.2 Å². The molecule has 4 N–H and O–H groups in total. The molecular formula is C13H22N6O3. The van der Waals surface area contributed by atoms with Gasteiger partial charge in [0.2, 0.25) is 12.4 Å². The molecule has 1 atom stereocenters. The van der Waals surface area contributed by atoms with Crippen LogP contribution in [0, 0.1) is 0 Å². The molecule has 9 heteroatoms. The number of rotatable bonds is 8. The molecule has 0 spiro atoms. The first-order chi connectivity index (χ1) is 10.6. The summed E-state index contributed by atoms with van der Waals surface area (Å²) in [6.45, 7) is 5.75. The normalized spacial score (nSPS) is 12.7. The van der Waals surface area contributed by atoms with E-state index in [1.807, 2.05) is 18.7 Å². The number of hydrogen-bond donors (Lipinski definition) is 3. The number of aromatic nitrogens is 4. The molecule has 22 heavy (non-hydrogen) atoms. The van der Waals surface area contributed by atoms with E-state index in [0.717, 1.165) is 13.1 Å². The molecular weight excluding hydrogens is 288 g/mol. The number of aliphatic hydroxyl groups is 2. The number of ether oxygens (including phenoxy) is 1. The summed E-state index contributed by atoms with van der Waals surface area (Å²) in [6, 6.07) is 0. The van der Waals surface area contributed by atoms with E-state index in [2.05, 4.69) is 15.0 Å². The summed E-state index contributed by atoms with van der Waals surface area (Å²) >= 11 is 0. The van der Waals surface area contributed by atoms with Gasteiger partial charge in [-0.2, -0.15) is 9.97 Å². The van der Waals surface area contributed by atoms with Crippen LogP contribution in [0.5, 0.6) is 0 Å². The summed E-state index contributed by atoms with van der Waals surface area (Å²) in [4.78, 5) is 14.7. The zero-order valence-corrected chi connectivity index (χ0v) is 12.8. The van der Waals surface area contributed by atoms with Gasteiger partial charge in [0.25, 0.3) is 0 Å². The Kier molecular flexibility index (Phi) is 5.47. The van der Waals surface area contributed by atoms with Crippen molar-refractivity contribution in [3.05, 3.63) is 6.33 Å². The second kappa shape index (κ2) is 7.34. The van der Waals surface area contributed by atoms with E-state index in [1.54, 1.807) is 0 Å². The van der Waals surface area contributed by atoms with Gasteiger partial charge < -0.3 is 25.6 Å². The summed E-state index contributed by atoms with van der Waals surface area (Å²) in [6.07, 6.45) is 0.636. The Bertz CT molecular complexity index is 613. The maximum absolute atomic E-state index is 10.1. The minimum atomic E-state index is -1.24. The van der Waals surface area contributed by atoms with Crippen molar-refractivity contribution in [1.29, 1.82) is 0 Å². The van der Waals surface area contributed by atoms with Crippen LogP contribution < -0.4 is 10.6 Å². The zero-order chi connectivity index (χ0) is 16.1. The van der Waals surface area contributed by atoms with Crippen LogP contribution in [0.4, 0.5) is 11.8 Å². The molecule has 0 radical (unpaired) electrons. The summed E-state index contributed by atoms with van der Waals surface area (Å²) in [5, 5.41) is 18.8. The Balaban J connectivity index is 2.38. The molecule has 122 valence electrons. The average Bonchev–Trinajstić information content (AvgIpc) is 2.92. The minimum Gasteiger partial charge on any atom is -0.396 e. The van der Waals surface area contributed by atoms with E-state index < -0.39 is 6.41 Å². The van der Waals surface area contributed by atoms with Crippen molar-refractivity contribution < 1.29 is 14.9 Å². The van der Waals surface area contributed by atoms with Crippen molar-refractivity contribution in [3.63, 3.8) is 0 Å². The lowest BCUT2D eigenvalue weighted by atomic mass is 10.4. The Morgan fingerprint density at radius 3 is 2.73 bits per heavy atom. The van der Waals surface area contributed by atoms with Crippen LogP contribution in [0.25, 0.3) is 11.2 Å². The molecule has 2 rings (SSSR count). The number of nitrogens with zero attached hydrogens (tertiary/aromatic N) is 5. The molecule has 0 amide bonds. The first-order valence-corrected chi connectivity index (χ1v) is 7.27. The molecule has 1 unspecified atom stereocenters. The zero-order valence-electron chi connectivity index (χ0n) is 12.8. The monoisotopic (exact) mass is 310 g/mol. The first kappa shape index (κ1) is 16.4. The number of hydrogen-bond acceptors (Lipinski definition) is 8. The molecule has 0 aliphatic rings. The van der Waals surface area contributed by atoms with Crippen LogP contribution in [0.2, 0.25) is 0 Å². The Hall–Kier alpha value is -1.97. The molecule has 0 saturated heterocycles. The van der Waals surface area contributed by atoms with Gasteiger partial charge in [0.05, 0.1) is 6.61 Å². The lowest BCUT2D eigenvalue weighted by molar-refractivity contribution is -0.152. The molecule has 0 aromatic carbocycles. The third-order valence-corrected chi connectivity index (χ3v) is 3.29. The smallest absolute Gasteiger partial charge is 0.244 e. The molecule has 2 aromatic rings. The van der Waals surface area contributed by atoms with Gasteiger partial charge in [0.15, 0.2) is 17.0 Å². The van der Waals surface area contributed by atoms with Crippen LogP contribution in [0.1, 0.15) is 26.7 Å². The molecule has 0 aliphatic carbocycles. The standard InChI is InChI=1S/C13H22N6O3/c1-3-18(4-2)10-9-11(17-12(14)16-10)19(8-15-9)13(21)22-7-5-6-20/h8,13,20-21H,3-7H2,1-2H3,(H2,14,16,17). The second-order valence-electron chi connectivity index (χ2n) is 4.68. The number of imidazole rings is 1. The average molecular weight is 310 g/mol. The lowest BCUT2D eigenvalue weighted by Gasteiger charge is -2.20. The molecule has 0 saturated carbocycles. The van der Waals surface area contributed by atoms with Crippen LogP contribution in [-0.4, -0.2) is 56.0 Å². The van der Waals surface area contributed by atoms with E-state index in [1.165, 1.54) is 10.9 Å². The number of fused-ring (bicyclic) bond motifs is 1.